The van der Waals surface area contributed by atoms with Crippen LogP contribution in [0.2, 0.25) is 0 Å². The molecular weight excluding hydrogens is 336 g/mol. The van der Waals surface area contributed by atoms with Crippen molar-refractivity contribution in [2.24, 2.45) is 0 Å². The lowest BCUT2D eigenvalue weighted by Gasteiger charge is -2.22. The van der Waals surface area contributed by atoms with Crippen LogP contribution in [-0.4, -0.2) is 38.4 Å². The number of hydrogen-bond donors (Lipinski definition) is 0. The monoisotopic (exact) mass is 356 g/mol. The summed E-state index contributed by atoms with van der Waals surface area (Å²) in [5.41, 5.74) is 0.724. The number of hydrogen-bond acceptors (Lipinski definition) is 6. The number of carbonyl (C=O) groups excluding carboxylic acids is 1. The molecule has 0 N–H and O–H groups in total. The van der Waals surface area contributed by atoms with Gasteiger partial charge in [0, 0.05) is 5.69 Å². The van der Waals surface area contributed by atoms with E-state index in [1.54, 1.807) is 0 Å². The summed E-state index contributed by atoms with van der Waals surface area (Å²) in [6, 6.07) is 11.6. The molecule has 0 radical (unpaired) electrons. The zero-order valence-corrected chi connectivity index (χ0v) is 14.7. The molecule has 0 atom stereocenters. The van der Waals surface area contributed by atoms with Gasteiger partial charge in [0.15, 0.2) is 0 Å². The van der Waals surface area contributed by atoms with Crippen molar-refractivity contribution < 1.29 is 4.79 Å². The number of benzene rings is 1. The average molecular weight is 356 g/mol. The minimum Gasteiger partial charge on any atom is -0.298 e. The molecular formula is C17H20N6OS. The maximum atomic E-state index is 12.6. The molecule has 7 nitrogen and oxygen atoms in total. The molecule has 3 rings (SSSR count). The molecule has 2 aromatic rings. The zero-order chi connectivity index (χ0) is 17.5. The number of amides is 1. The van der Waals surface area contributed by atoms with Crippen molar-refractivity contribution >= 4 is 23.4 Å². The third-order valence-electron chi connectivity index (χ3n) is 4.31. The molecule has 25 heavy (non-hydrogen) atoms. The van der Waals surface area contributed by atoms with Gasteiger partial charge in [-0.2, -0.15) is 5.26 Å². The first-order valence-corrected chi connectivity index (χ1v) is 9.41. The number of tetrazole rings is 1. The maximum absolute atomic E-state index is 12.6. The second-order valence-electron chi connectivity index (χ2n) is 5.96. The van der Waals surface area contributed by atoms with Crippen molar-refractivity contribution in [3.05, 3.63) is 30.3 Å². The van der Waals surface area contributed by atoms with Crippen LogP contribution in [0.15, 0.2) is 35.5 Å². The van der Waals surface area contributed by atoms with Crippen LogP contribution in [0.1, 0.15) is 38.1 Å². The van der Waals surface area contributed by atoms with Gasteiger partial charge < -0.3 is 0 Å². The number of aromatic nitrogens is 4. The predicted octanol–water partition coefficient (Wildman–Crippen LogP) is 2.83. The van der Waals surface area contributed by atoms with Crippen LogP contribution in [0.5, 0.6) is 0 Å². The Morgan fingerprint density at radius 2 is 2.04 bits per heavy atom. The first-order chi connectivity index (χ1) is 12.3. The molecule has 1 heterocycles. The summed E-state index contributed by atoms with van der Waals surface area (Å²) in [4.78, 5) is 14.1. The Balaban J connectivity index is 1.65. The van der Waals surface area contributed by atoms with Crippen LogP contribution in [0.25, 0.3) is 0 Å². The van der Waals surface area contributed by atoms with Crippen molar-refractivity contribution in [1.29, 1.82) is 5.26 Å². The Bertz CT molecular complexity index is 735. The van der Waals surface area contributed by atoms with Gasteiger partial charge in [0.05, 0.1) is 17.9 Å². The van der Waals surface area contributed by atoms with Crippen LogP contribution >= 0.6 is 11.8 Å². The Labute approximate surface area is 151 Å². The van der Waals surface area contributed by atoms with Crippen molar-refractivity contribution in [3.63, 3.8) is 0 Å². The third kappa shape index (κ3) is 4.37. The second kappa shape index (κ2) is 8.62. The van der Waals surface area contributed by atoms with Crippen molar-refractivity contribution in [2.45, 2.75) is 43.3 Å². The number of thioether (sulfide) groups is 1. The molecule has 0 unspecified atom stereocenters. The van der Waals surface area contributed by atoms with Gasteiger partial charge in [0.25, 0.3) is 0 Å². The first-order valence-electron chi connectivity index (χ1n) is 8.42. The highest BCUT2D eigenvalue weighted by Gasteiger charge is 2.22. The Morgan fingerprint density at radius 3 is 2.76 bits per heavy atom. The fourth-order valence-corrected chi connectivity index (χ4v) is 3.86. The minimum absolute atomic E-state index is 0.0248. The van der Waals surface area contributed by atoms with Crippen LogP contribution in [0, 0.1) is 11.3 Å². The van der Waals surface area contributed by atoms with Crippen molar-refractivity contribution in [1.82, 2.24) is 20.2 Å². The Morgan fingerprint density at radius 1 is 1.28 bits per heavy atom. The molecule has 1 saturated carbocycles. The molecule has 0 saturated heterocycles. The largest absolute Gasteiger partial charge is 0.298 e. The standard InChI is InChI=1S/C17H20N6OS/c18-11-12-22(14-7-3-1-4-8-14)16(24)13-25-17-19-20-21-23(17)15-9-5-2-6-10-15/h1,3-4,7-8,15H,2,5-6,9-10,12-13H2. The molecule has 8 heteroatoms. The molecule has 0 aliphatic heterocycles. The number of carbonyl (C=O) groups is 1. The predicted molar refractivity (Wildman–Crippen MR) is 95.1 cm³/mol. The maximum Gasteiger partial charge on any atom is 0.238 e. The van der Waals surface area contributed by atoms with E-state index in [4.69, 9.17) is 5.26 Å². The number of nitrogens with zero attached hydrogens (tertiary/aromatic N) is 6. The van der Waals surface area contributed by atoms with Crippen LogP contribution in [0.4, 0.5) is 5.69 Å². The van der Waals surface area contributed by atoms with E-state index in [1.807, 2.05) is 35.0 Å². The highest BCUT2D eigenvalue weighted by atomic mass is 32.2. The molecule has 1 aromatic heterocycles. The minimum atomic E-state index is -0.129. The van der Waals surface area contributed by atoms with Gasteiger partial charge in [0.1, 0.15) is 6.54 Å². The molecule has 1 aromatic carbocycles. The first kappa shape index (κ1) is 17.4. The molecule has 1 fully saturated rings. The SMILES string of the molecule is N#CCN(C(=O)CSc1nnnn1C1CCCCC1)c1ccccc1. The average Bonchev–Trinajstić information content (AvgIpc) is 3.14. The number of rotatable bonds is 6. The van der Waals surface area contributed by atoms with E-state index in [-0.39, 0.29) is 18.2 Å². The van der Waals surface area contributed by atoms with Gasteiger partial charge in [-0.25, -0.2) is 4.68 Å². The van der Waals surface area contributed by atoms with Gasteiger partial charge in [-0.3, -0.25) is 9.69 Å². The second-order valence-corrected chi connectivity index (χ2v) is 6.90. The van der Waals surface area contributed by atoms with E-state index in [0.717, 1.165) is 18.5 Å². The van der Waals surface area contributed by atoms with Gasteiger partial charge in [0.2, 0.25) is 11.1 Å². The van der Waals surface area contributed by atoms with Gasteiger partial charge in [-0.1, -0.05) is 49.2 Å². The van der Waals surface area contributed by atoms with Gasteiger partial charge in [-0.05, 0) is 35.4 Å². The quantitative estimate of drug-likeness (QED) is 0.584. The molecule has 1 amide bonds. The molecule has 0 bridgehead atoms. The summed E-state index contributed by atoms with van der Waals surface area (Å²) >= 11 is 1.33. The normalized spacial score (nSPS) is 14.8. The smallest absolute Gasteiger partial charge is 0.238 e. The van der Waals surface area contributed by atoms with E-state index >= 15 is 0 Å². The van der Waals surface area contributed by atoms with Gasteiger partial charge in [-0.15, -0.1) is 5.10 Å². The van der Waals surface area contributed by atoms with Crippen molar-refractivity contribution in [3.8, 4) is 6.07 Å². The van der Waals surface area contributed by atoms with E-state index in [0.29, 0.717) is 11.2 Å². The lowest BCUT2D eigenvalue weighted by atomic mass is 9.96. The molecule has 0 spiro atoms. The van der Waals surface area contributed by atoms with E-state index in [1.165, 1.54) is 35.9 Å². The van der Waals surface area contributed by atoms with E-state index in [9.17, 15) is 4.79 Å². The number of nitriles is 1. The molecule has 1 aliphatic carbocycles. The Kier molecular flexibility index (Phi) is 6.01. The van der Waals surface area contributed by atoms with Crippen LogP contribution < -0.4 is 4.90 Å². The summed E-state index contributed by atoms with van der Waals surface area (Å²) in [5, 5.41) is 21.7. The number of anilines is 1. The lowest BCUT2D eigenvalue weighted by molar-refractivity contribution is -0.116. The summed E-state index contributed by atoms with van der Waals surface area (Å²) in [6.45, 7) is 0.0248. The van der Waals surface area contributed by atoms with E-state index < -0.39 is 0 Å². The summed E-state index contributed by atoms with van der Waals surface area (Å²) in [6.07, 6.45) is 5.81. The van der Waals surface area contributed by atoms with Gasteiger partial charge >= 0.3 is 0 Å². The molecule has 130 valence electrons. The zero-order valence-electron chi connectivity index (χ0n) is 13.9. The third-order valence-corrected chi connectivity index (χ3v) is 5.22. The summed E-state index contributed by atoms with van der Waals surface area (Å²) in [5.74, 6) is 0.0693. The topological polar surface area (TPSA) is 87.7 Å². The van der Waals surface area contributed by atoms with Crippen molar-refractivity contribution in [2.75, 3.05) is 17.2 Å². The fourth-order valence-electron chi connectivity index (χ4n) is 3.04. The highest BCUT2D eigenvalue weighted by Crippen LogP contribution is 2.30. The number of para-hydroxylation sites is 1. The molecule has 1 aliphatic rings. The van der Waals surface area contributed by atoms with E-state index in [2.05, 4.69) is 21.6 Å². The Hall–Kier alpha value is -2.40. The van der Waals surface area contributed by atoms with Crippen LogP contribution in [-0.2, 0) is 4.79 Å². The van der Waals surface area contributed by atoms with Crippen LogP contribution in [0.3, 0.4) is 0 Å². The summed E-state index contributed by atoms with van der Waals surface area (Å²) < 4.78 is 1.86. The fraction of sp³-hybridized carbons (Fsp3) is 0.471. The lowest BCUT2D eigenvalue weighted by Crippen LogP contribution is -2.32. The summed E-state index contributed by atoms with van der Waals surface area (Å²) in [7, 11) is 0. The highest BCUT2D eigenvalue weighted by molar-refractivity contribution is 7.99.